The third-order valence-corrected chi connectivity index (χ3v) is 11.3. The monoisotopic (exact) mass is 734 g/mol. The highest BCUT2D eigenvalue weighted by Gasteiger charge is 2.33. The molecule has 2 fully saturated rings. The number of nitrogens with one attached hydrogen (secondary N) is 1. The molecule has 2 aliphatic rings. The predicted octanol–water partition coefficient (Wildman–Crippen LogP) is 7.59. The van der Waals surface area contributed by atoms with E-state index in [0.29, 0.717) is 49.5 Å². The standard InChI is InChI=1S/C39H48F2N6O4S/c1-24-20-25(2)35(43-30-14-16-45(17-15-30)32-13-12-29(40)21-28(32)22-42)27(4)34(24)37(48)47-19-18-46(23-26(47)3)33-11-9-10-31(41)36(33)52(8,50)44-38(49)51-39(5,6)7/h9-13,20-21,26,30,43H,14-19,23H2,1-8H3/t26-,52-/m0/s1. The molecule has 3 aromatic carbocycles. The minimum atomic E-state index is -3.52. The van der Waals surface area contributed by atoms with Crippen LogP contribution in [0.5, 0.6) is 0 Å². The molecule has 2 amide bonds. The number of hydrogen-bond acceptors (Lipinski definition) is 8. The first kappa shape index (κ1) is 38.5. The lowest BCUT2D eigenvalue weighted by Gasteiger charge is -2.42. The van der Waals surface area contributed by atoms with Crippen LogP contribution in [0.25, 0.3) is 0 Å². The van der Waals surface area contributed by atoms with Crippen LogP contribution in [0, 0.1) is 43.7 Å². The van der Waals surface area contributed by atoms with Crippen LogP contribution in [0.1, 0.15) is 73.1 Å². The molecular formula is C39H48F2N6O4S. The Kier molecular flexibility index (Phi) is 11.2. The van der Waals surface area contributed by atoms with Crippen LogP contribution < -0.4 is 15.1 Å². The Morgan fingerprint density at radius 3 is 2.31 bits per heavy atom. The molecule has 10 nitrogen and oxygen atoms in total. The van der Waals surface area contributed by atoms with Crippen molar-refractivity contribution in [2.24, 2.45) is 4.36 Å². The number of carbonyl (C=O) groups excluding carboxylic acids is 2. The fraction of sp³-hybridized carbons (Fsp3) is 0.462. The second-order valence-electron chi connectivity index (χ2n) is 14.8. The zero-order valence-electron chi connectivity index (χ0n) is 31.2. The lowest BCUT2D eigenvalue weighted by Crippen LogP contribution is -2.54. The van der Waals surface area contributed by atoms with Crippen LogP contribution in [-0.2, 0) is 14.5 Å². The number of hydrogen-bond donors (Lipinski definition) is 1. The quantitative estimate of drug-likeness (QED) is 0.276. The lowest BCUT2D eigenvalue weighted by atomic mass is 9.94. The SMILES string of the molecule is Cc1cc(C)c(C(=O)N2CCN(c3cccc(F)c3[S@](C)(=O)=NC(=O)OC(C)(C)C)C[C@@H]2C)c(C)c1NC1CCN(c2ccc(F)cc2C#N)CC1. The summed E-state index contributed by atoms with van der Waals surface area (Å²) in [6.07, 6.45) is 1.80. The van der Waals surface area contributed by atoms with Gasteiger partial charge in [-0.25, -0.2) is 17.8 Å². The molecule has 2 saturated heterocycles. The third kappa shape index (κ3) is 8.33. The van der Waals surface area contributed by atoms with E-state index in [0.717, 1.165) is 40.9 Å². The Morgan fingerprint density at radius 2 is 1.67 bits per heavy atom. The smallest absolute Gasteiger partial charge is 0.442 e. The lowest BCUT2D eigenvalue weighted by molar-refractivity contribution is 0.0606. The number of piperidine rings is 1. The number of carbonyl (C=O) groups is 2. The van der Waals surface area contributed by atoms with Gasteiger partial charge in [0.2, 0.25) is 0 Å². The molecule has 278 valence electrons. The first-order valence-electron chi connectivity index (χ1n) is 17.5. The molecule has 5 rings (SSSR count). The second-order valence-corrected chi connectivity index (χ2v) is 17.0. The van der Waals surface area contributed by atoms with Crippen molar-refractivity contribution in [3.63, 3.8) is 0 Å². The maximum atomic E-state index is 15.4. The summed E-state index contributed by atoms with van der Waals surface area (Å²) in [5, 5.41) is 13.2. The summed E-state index contributed by atoms with van der Waals surface area (Å²) in [5.74, 6) is -1.26. The number of piperazine rings is 1. The Labute approximate surface area is 305 Å². The highest BCUT2D eigenvalue weighted by molar-refractivity contribution is 7.93. The van der Waals surface area contributed by atoms with Crippen molar-refractivity contribution in [3.05, 3.63) is 81.9 Å². The van der Waals surface area contributed by atoms with E-state index in [9.17, 15) is 23.5 Å². The number of benzene rings is 3. The largest absolute Gasteiger partial charge is 0.442 e. The molecular weight excluding hydrogens is 687 g/mol. The molecule has 2 heterocycles. The number of ether oxygens (including phenoxy) is 1. The normalized spacial score (nSPS) is 18.0. The molecule has 2 aliphatic heterocycles. The van der Waals surface area contributed by atoms with E-state index >= 15 is 4.39 Å². The van der Waals surface area contributed by atoms with Gasteiger partial charge >= 0.3 is 6.09 Å². The van der Waals surface area contributed by atoms with Crippen molar-refractivity contribution in [1.29, 1.82) is 5.26 Å². The number of nitrogens with zero attached hydrogens (tertiary/aromatic N) is 5. The van der Waals surface area contributed by atoms with Crippen LogP contribution >= 0.6 is 0 Å². The van der Waals surface area contributed by atoms with Crippen molar-refractivity contribution >= 4 is 38.8 Å². The molecule has 52 heavy (non-hydrogen) atoms. The van der Waals surface area contributed by atoms with Gasteiger partial charge in [-0.15, -0.1) is 4.36 Å². The van der Waals surface area contributed by atoms with Crippen molar-refractivity contribution in [2.45, 2.75) is 83.9 Å². The van der Waals surface area contributed by atoms with Gasteiger partial charge in [0.05, 0.1) is 26.7 Å². The van der Waals surface area contributed by atoms with Crippen LogP contribution in [0.2, 0.25) is 0 Å². The summed E-state index contributed by atoms with van der Waals surface area (Å²) in [6, 6.07) is 12.7. The number of rotatable bonds is 6. The summed E-state index contributed by atoms with van der Waals surface area (Å²) < 4.78 is 51.9. The Bertz CT molecular complexity index is 2040. The van der Waals surface area contributed by atoms with E-state index in [1.54, 1.807) is 32.9 Å². The van der Waals surface area contributed by atoms with Gasteiger partial charge in [-0.05, 0) is 108 Å². The number of anilines is 3. The Hall–Kier alpha value is -4.70. The molecule has 13 heteroatoms. The van der Waals surface area contributed by atoms with Crippen LogP contribution in [0.3, 0.4) is 0 Å². The number of halogens is 2. The second kappa shape index (κ2) is 15.1. The Balaban J connectivity index is 1.32. The predicted molar refractivity (Wildman–Crippen MR) is 201 cm³/mol. The number of nitriles is 1. The van der Waals surface area contributed by atoms with E-state index in [1.807, 2.05) is 43.6 Å². The minimum Gasteiger partial charge on any atom is -0.442 e. The first-order chi connectivity index (χ1) is 24.4. The Morgan fingerprint density at radius 1 is 0.981 bits per heavy atom. The van der Waals surface area contributed by atoms with E-state index in [2.05, 4.69) is 20.6 Å². The average molecular weight is 735 g/mol. The zero-order chi connectivity index (χ0) is 38.1. The van der Waals surface area contributed by atoms with E-state index in [-0.39, 0.29) is 22.9 Å². The summed E-state index contributed by atoms with van der Waals surface area (Å²) in [6.45, 7) is 15.3. The van der Waals surface area contributed by atoms with E-state index < -0.39 is 33.1 Å². The molecule has 2 atom stereocenters. The minimum absolute atomic E-state index is 0.0981. The van der Waals surface area contributed by atoms with Crippen molar-refractivity contribution in [3.8, 4) is 6.07 Å². The summed E-state index contributed by atoms with van der Waals surface area (Å²) in [5.41, 5.74) is 4.90. The van der Waals surface area contributed by atoms with Gasteiger partial charge in [-0.2, -0.15) is 5.26 Å². The molecule has 0 radical (unpaired) electrons. The van der Waals surface area contributed by atoms with Gasteiger partial charge in [0, 0.05) is 62.3 Å². The van der Waals surface area contributed by atoms with Gasteiger partial charge in [-0.1, -0.05) is 12.1 Å². The molecule has 0 spiro atoms. The molecule has 0 saturated carbocycles. The first-order valence-corrected chi connectivity index (χ1v) is 19.4. The highest BCUT2D eigenvalue weighted by Crippen LogP contribution is 2.34. The van der Waals surface area contributed by atoms with Crippen molar-refractivity contribution in [2.75, 3.05) is 54.1 Å². The summed E-state index contributed by atoms with van der Waals surface area (Å²) in [7, 11) is -3.52. The molecule has 1 N–H and O–H groups in total. The van der Waals surface area contributed by atoms with E-state index in [1.165, 1.54) is 30.5 Å². The van der Waals surface area contributed by atoms with Crippen molar-refractivity contribution < 1.29 is 27.3 Å². The van der Waals surface area contributed by atoms with Crippen LogP contribution in [0.4, 0.5) is 30.6 Å². The number of amides is 2. The zero-order valence-corrected chi connectivity index (χ0v) is 32.0. The van der Waals surface area contributed by atoms with Crippen LogP contribution in [-0.4, -0.2) is 77.8 Å². The fourth-order valence-electron chi connectivity index (χ4n) is 7.29. The summed E-state index contributed by atoms with van der Waals surface area (Å²) >= 11 is 0. The molecule has 0 unspecified atom stereocenters. The van der Waals surface area contributed by atoms with E-state index in [4.69, 9.17) is 4.74 Å². The van der Waals surface area contributed by atoms with Gasteiger partial charge in [0.25, 0.3) is 5.91 Å². The third-order valence-electron chi connectivity index (χ3n) is 9.64. The maximum Gasteiger partial charge on any atom is 0.442 e. The topological polar surface area (TPSA) is 118 Å². The maximum absolute atomic E-state index is 15.4. The molecule has 0 bridgehead atoms. The van der Waals surface area contributed by atoms with Crippen molar-refractivity contribution in [1.82, 2.24) is 4.90 Å². The number of aryl methyl sites for hydroxylation is 2. The molecule has 3 aromatic rings. The molecule has 0 aliphatic carbocycles. The van der Waals surface area contributed by atoms with Gasteiger partial charge in [0.1, 0.15) is 28.2 Å². The van der Waals surface area contributed by atoms with Crippen LogP contribution in [0.15, 0.2) is 51.7 Å². The van der Waals surface area contributed by atoms with Gasteiger partial charge < -0.3 is 24.8 Å². The highest BCUT2D eigenvalue weighted by atomic mass is 32.2. The van der Waals surface area contributed by atoms with Gasteiger partial charge in [0.15, 0.2) is 0 Å². The fourth-order valence-corrected chi connectivity index (χ4v) is 8.72. The summed E-state index contributed by atoms with van der Waals surface area (Å²) in [4.78, 5) is 32.4. The van der Waals surface area contributed by atoms with Gasteiger partial charge in [-0.3, -0.25) is 4.79 Å². The molecule has 0 aromatic heterocycles. The average Bonchev–Trinajstić information content (AvgIpc) is 3.05.